The first kappa shape index (κ1) is 21.8. The molecule has 4 rings (SSSR count). The Morgan fingerprint density at radius 3 is 2.53 bits per heavy atom. The third kappa shape index (κ3) is 5.83. The van der Waals surface area contributed by atoms with Crippen molar-refractivity contribution in [2.45, 2.75) is 20.0 Å². The molecule has 166 valence electrons. The van der Waals surface area contributed by atoms with Gasteiger partial charge in [0.25, 0.3) is 0 Å². The summed E-state index contributed by atoms with van der Waals surface area (Å²) in [7, 11) is 0. The normalized spacial score (nSPS) is 16.5. The van der Waals surface area contributed by atoms with Crippen LogP contribution in [-0.4, -0.2) is 52.0 Å². The van der Waals surface area contributed by atoms with Gasteiger partial charge >= 0.3 is 0 Å². The maximum atomic E-state index is 13.0. The van der Waals surface area contributed by atoms with E-state index in [1.807, 2.05) is 36.9 Å². The highest BCUT2D eigenvalue weighted by Gasteiger charge is 2.24. The van der Waals surface area contributed by atoms with Gasteiger partial charge in [-0.05, 0) is 56.3 Å². The van der Waals surface area contributed by atoms with Gasteiger partial charge in [0.2, 0.25) is 11.9 Å². The van der Waals surface area contributed by atoms with Crippen LogP contribution in [0.2, 0.25) is 0 Å². The number of amides is 1. The van der Waals surface area contributed by atoms with Crippen LogP contribution in [0.15, 0.2) is 48.7 Å². The van der Waals surface area contributed by atoms with Gasteiger partial charge in [-0.3, -0.25) is 14.7 Å². The van der Waals surface area contributed by atoms with Crippen LogP contribution in [0.3, 0.4) is 0 Å². The summed E-state index contributed by atoms with van der Waals surface area (Å²) >= 11 is 0. The zero-order valence-corrected chi connectivity index (χ0v) is 18.0. The number of carbonyl (C=O) groups excluding carboxylic acids is 1. The first-order valence-electron chi connectivity index (χ1n) is 10.4. The number of pyridine rings is 1. The third-order valence-corrected chi connectivity index (χ3v) is 5.00. The van der Waals surface area contributed by atoms with E-state index in [4.69, 9.17) is 4.74 Å². The second-order valence-corrected chi connectivity index (χ2v) is 7.72. The van der Waals surface area contributed by atoms with Gasteiger partial charge < -0.3 is 15.4 Å². The van der Waals surface area contributed by atoms with Gasteiger partial charge in [0, 0.05) is 30.2 Å². The number of benzene rings is 1. The van der Waals surface area contributed by atoms with E-state index >= 15 is 0 Å². The highest BCUT2D eigenvalue weighted by Crippen LogP contribution is 2.22. The van der Waals surface area contributed by atoms with Crippen LogP contribution in [0.5, 0.6) is 0 Å². The largest absolute Gasteiger partial charge is 0.369 e. The van der Waals surface area contributed by atoms with Gasteiger partial charge in [-0.2, -0.15) is 0 Å². The summed E-state index contributed by atoms with van der Waals surface area (Å²) in [5.41, 5.74) is 3.93. The summed E-state index contributed by atoms with van der Waals surface area (Å²) < 4.78 is 18.9. The average molecular weight is 436 g/mol. The Hall–Kier alpha value is -3.43. The summed E-state index contributed by atoms with van der Waals surface area (Å²) in [6, 6.07) is 11.4. The minimum absolute atomic E-state index is 0.154. The van der Waals surface area contributed by atoms with Crippen molar-refractivity contribution in [3.63, 3.8) is 0 Å². The lowest BCUT2D eigenvalue weighted by atomic mass is 10.2. The molecule has 0 unspecified atom stereocenters. The molecule has 1 aliphatic rings. The number of morpholine rings is 1. The lowest BCUT2D eigenvalue weighted by molar-refractivity contribution is -0.119. The molecule has 0 aliphatic carbocycles. The summed E-state index contributed by atoms with van der Waals surface area (Å²) in [6.45, 7) is 5.78. The van der Waals surface area contributed by atoms with Gasteiger partial charge in [-0.25, -0.2) is 14.4 Å². The van der Waals surface area contributed by atoms with Crippen molar-refractivity contribution < 1.29 is 13.9 Å². The van der Waals surface area contributed by atoms with E-state index in [9.17, 15) is 9.18 Å². The fraction of sp³-hybridized carbons (Fsp3) is 0.304. The molecule has 0 spiro atoms. The molecule has 0 saturated carbocycles. The molecule has 0 bridgehead atoms. The van der Waals surface area contributed by atoms with Crippen LogP contribution in [-0.2, 0) is 9.53 Å². The van der Waals surface area contributed by atoms with Crippen LogP contribution in [0, 0.1) is 19.7 Å². The van der Waals surface area contributed by atoms with Gasteiger partial charge in [-0.15, -0.1) is 0 Å². The number of nitrogens with zero attached hydrogens (tertiary/aromatic N) is 4. The van der Waals surface area contributed by atoms with Crippen molar-refractivity contribution in [1.82, 2.24) is 19.9 Å². The van der Waals surface area contributed by atoms with E-state index in [1.54, 1.807) is 6.20 Å². The second-order valence-electron chi connectivity index (χ2n) is 7.72. The minimum Gasteiger partial charge on any atom is -0.369 e. The third-order valence-electron chi connectivity index (χ3n) is 5.00. The molecular weight excluding hydrogens is 411 g/mol. The Morgan fingerprint density at radius 1 is 1.12 bits per heavy atom. The van der Waals surface area contributed by atoms with E-state index in [1.165, 1.54) is 24.3 Å². The van der Waals surface area contributed by atoms with E-state index in [-0.39, 0.29) is 24.4 Å². The predicted octanol–water partition coefficient (Wildman–Crippen LogP) is 3.38. The van der Waals surface area contributed by atoms with Crippen LogP contribution in [0.4, 0.5) is 21.7 Å². The predicted molar refractivity (Wildman–Crippen MR) is 119 cm³/mol. The van der Waals surface area contributed by atoms with E-state index < -0.39 is 0 Å². The summed E-state index contributed by atoms with van der Waals surface area (Å²) in [5.74, 6) is 0.0387. The van der Waals surface area contributed by atoms with Crippen molar-refractivity contribution in [3.8, 4) is 0 Å². The topological polar surface area (TPSA) is 92.3 Å². The Kier molecular flexibility index (Phi) is 6.67. The molecular formula is C23H25FN6O2. The Morgan fingerprint density at radius 2 is 1.84 bits per heavy atom. The number of hydrogen-bond donors (Lipinski definition) is 2. The summed E-state index contributed by atoms with van der Waals surface area (Å²) in [5, 5.41) is 5.95. The monoisotopic (exact) mass is 436 g/mol. The molecule has 2 aromatic heterocycles. The molecule has 1 amide bonds. The van der Waals surface area contributed by atoms with Crippen molar-refractivity contribution in [3.05, 3.63) is 71.6 Å². The fourth-order valence-corrected chi connectivity index (χ4v) is 3.54. The first-order chi connectivity index (χ1) is 15.4. The minimum atomic E-state index is -0.339. The van der Waals surface area contributed by atoms with Gasteiger partial charge in [0.05, 0.1) is 30.7 Å². The number of carbonyl (C=O) groups is 1. The van der Waals surface area contributed by atoms with E-state index in [0.29, 0.717) is 31.3 Å². The molecule has 1 atom stereocenters. The molecule has 0 radical (unpaired) electrons. The van der Waals surface area contributed by atoms with Gasteiger partial charge in [0.1, 0.15) is 11.9 Å². The zero-order chi connectivity index (χ0) is 22.5. The maximum Gasteiger partial charge on any atom is 0.238 e. The zero-order valence-electron chi connectivity index (χ0n) is 18.0. The molecule has 8 nitrogen and oxygen atoms in total. The molecule has 32 heavy (non-hydrogen) atoms. The molecule has 3 aromatic rings. The Balaban J connectivity index is 1.33. The SMILES string of the molecule is Cc1cc(C)nc(Nc2ccc([C@@H]3CN(CC(=O)Nc4ccc(F)cc4)CCO3)nc2)n1. The van der Waals surface area contributed by atoms with Crippen molar-refractivity contribution in [1.29, 1.82) is 0 Å². The quantitative estimate of drug-likeness (QED) is 0.612. The lowest BCUT2D eigenvalue weighted by Crippen LogP contribution is -2.42. The smallest absolute Gasteiger partial charge is 0.238 e. The molecule has 9 heteroatoms. The number of aromatic nitrogens is 3. The highest BCUT2D eigenvalue weighted by atomic mass is 19.1. The number of hydrogen-bond acceptors (Lipinski definition) is 7. The number of anilines is 3. The molecule has 1 aromatic carbocycles. The van der Waals surface area contributed by atoms with E-state index in [0.717, 1.165) is 22.8 Å². The van der Waals surface area contributed by atoms with Crippen molar-refractivity contribution in [2.75, 3.05) is 36.9 Å². The summed E-state index contributed by atoms with van der Waals surface area (Å²) in [4.78, 5) is 27.6. The number of rotatable bonds is 6. The Labute approximate surface area is 185 Å². The Bertz CT molecular complexity index is 1050. The first-order valence-corrected chi connectivity index (χ1v) is 10.4. The number of ether oxygens (including phenoxy) is 1. The molecule has 1 saturated heterocycles. The molecule has 3 heterocycles. The number of halogens is 1. The second kappa shape index (κ2) is 9.80. The number of aryl methyl sites for hydroxylation is 2. The van der Waals surface area contributed by atoms with Crippen LogP contribution in [0.25, 0.3) is 0 Å². The molecule has 2 N–H and O–H groups in total. The standard InChI is InChI=1S/C23H25FN6O2/c1-15-11-16(2)27-23(26-15)29-19-7-8-20(25-12-19)21-13-30(9-10-32-21)14-22(31)28-18-5-3-17(24)4-6-18/h3-8,11-12,21H,9-10,13-14H2,1-2H3,(H,28,31)(H,26,27,29)/t21-/m0/s1. The number of nitrogens with one attached hydrogen (secondary N) is 2. The maximum absolute atomic E-state index is 13.0. The van der Waals surface area contributed by atoms with Crippen molar-refractivity contribution in [2.24, 2.45) is 0 Å². The van der Waals surface area contributed by atoms with Crippen LogP contribution < -0.4 is 10.6 Å². The fourth-order valence-electron chi connectivity index (χ4n) is 3.54. The van der Waals surface area contributed by atoms with Crippen LogP contribution in [0.1, 0.15) is 23.2 Å². The van der Waals surface area contributed by atoms with E-state index in [2.05, 4.69) is 25.6 Å². The van der Waals surface area contributed by atoms with Gasteiger partial charge in [0.15, 0.2) is 0 Å². The lowest BCUT2D eigenvalue weighted by Gasteiger charge is -2.32. The molecule has 1 fully saturated rings. The summed E-state index contributed by atoms with van der Waals surface area (Å²) in [6.07, 6.45) is 1.49. The highest BCUT2D eigenvalue weighted by molar-refractivity contribution is 5.92. The van der Waals surface area contributed by atoms with Crippen LogP contribution >= 0.6 is 0 Å². The van der Waals surface area contributed by atoms with Gasteiger partial charge in [-0.1, -0.05) is 0 Å². The molecule has 1 aliphatic heterocycles. The average Bonchev–Trinajstić information content (AvgIpc) is 2.75. The van der Waals surface area contributed by atoms with Crippen molar-refractivity contribution >= 4 is 23.2 Å².